The van der Waals surface area contributed by atoms with Gasteiger partial charge in [0, 0.05) is 29.1 Å². The molecule has 0 atom stereocenters. The normalized spacial score (nSPS) is 10.8. The number of aldehydes is 1. The number of carbonyl (C=O) groups is 3. The van der Waals surface area contributed by atoms with Crippen molar-refractivity contribution in [3.05, 3.63) is 137 Å². The Balaban J connectivity index is 0.000000272. The molecule has 0 bridgehead atoms. The molecule has 4 aromatic rings. The number of carbonyl (C=O) groups excluding carboxylic acids is 3. The van der Waals surface area contributed by atoms with Crippen molar-refractivity contribution in [1.29, 1.82) is 0 Å². The van der Waals surface area contributed by atoms with Crippen LogP contribution >= 0.6 is 0 Å². The van der Waals surface area contributed by atoms with Gasteiger partial charge in [-0.05, 0) is 77.4 Å². The maximum absolute atomic E-state index is 12.0. The number of nitrogens with zero attached hydrogens (tertiary/aromatic N) is 4. The van der Waals surface area contributed by atoms with E-state index in [0.717, 1.165) is 34.4 Å². The minimum absolute atomic E-state index is 0.0366. The molecule has 0 fully saturated rings. The van der Waals surface area contributed by atoms with E-state index in [0.29, 0.717) is 5.56 Å². The molecule has 0 aliphatic heterocycles. The van der Waals surface area contributed by atoms with E-state index in [1.807, 2.05) is 72.8 Å². The van der Waals surface area contributed by atoms with Crippen LogP contribution < -0.4 is 0 Å². The molecule has 4 rings (SSSR count). The lowest BCUT2D eigenvalue weighted by molar-refractivity contribution is -0.152. The summed E-state index contributed by atoms with van der Waals surface area (Å²) >= 11 is 0. The fourth-order valence-electron chi connectivity index (χ4n) is 3.61. The highest BCUT2D eigenvalue weighted by molar-refractivity contribution is 5.95. The lowest BCUT2D eigenvalue weighted by Crippen LogP contribution is -2.24. The van der Waals surface area contributed by atoms with E-state index in [4.69, 9.17) is 22.6 Å². The first-order chi connectivity index (χ1) is 22.2. The van der Waals surface area contributed by atoms with Crippen molar-refractivity contribution in [3.8, 4) is 22.5 Å². The molecular formula is C38H38N4O5. The summed E-state index contributed by atoms with van der Waals surface area (Å²) in [4.78, 5) is 47.7. The van der Waals surface area contributed by atoms with Gasteiger partial charge in [0.2, 0.25) is 0 Å². The topological polar surface area (TPSA) is 104 Å². The van der Waals surface area contributed by atoms with E-state index in [9.17, 15) is 14.4 Å². The lowest BCUT2D eigenvalue weighted by atomic mass is 10.1. The van der Waals surface area contributed by atoms with Crippen LogP contribution in [0.25, 0.3) is 38.3 Å². The number of hydrogen-bond donors (Lipinski definition) is 0. The molecule has 0 unspecified atom stereocenters. The van der Waals surface area contributed by atoms with Gasteiger partial charge in [-0.1, -0.05) is 60.7 Å². The Kier molecular flexibility index (Phi) is 14.4. The van der Waals surface area contributed by atoms with Crippen LogP contribution in [0.2, 0.25) is 0 Å². The van der Waals surface area contributed by atoms with Crippen LogP contribution in [0, 0.1) is 13.1 Å². The molecule has 2 aromatic heterocycles. The Morgan fingerprint density at radius 1 is 0.702 bits per heavy atom. The highest BCUT2D eigenvalue weighted by atomic mass is 16.6. The summed E-state index contributed by atoms with van der Waals surface area (Å²) in [6.45, 7) is 24.0. The molecule has 0 N–H and O–H groups in total. The maximum Gasteiger partial charge on any atom is 0.387 e. The van der Waals surface area contributed by atoms with Gasteiger partial charge in [0.05, 0.1) is 18.0 Å². The molecule has 2 aromatic carbocycles. The van der Waals surface area contributed by atoms with Gasteiger partial charge < -0.3 is 14.3 Å². The number of aromatic nitrogens is 2. The summed E-state index contributed by atoms with van der Waals surface area (Å²) in [7, 11) is 0. The molecule has 0 radical (unpaired) electrons. The van der Waals surface area contributed by atoms with Crippen LogP contribution in [0.3, 0.4) is 0 Å². The second kappa shape index (κ2) is 18.1. The van der Waals surface area contributed by atoms with E-state index in [2.05, 4.69) is 19.7 Å². The van der Waals surface area contributed by atoms with Crippen molar-refractivity contribution in [2.45, 2.75) is 52.7 Å². The quantitative estimate of drug-likeness (QED) is 0.0916. The zero-order valence-electron chi connectivity index (χ0n) is 27.4. The molecule has 0 saturated carbocycles. The molecule has 0 aliphatic carbocycles. The third-order valence-corrected chi connectivity index (χ3v) is 5.54. The Morgan fingerprint density at radius 3 is 1.53 bits per heavy atom. The highest BCUT2D eigenvalue weighted by Gasteiger charge is 2.20. The minimum atomic E-state index is -0.621. The van der Waals surface area contributed by atoms with Gasteiger partial charge >= 0.3 is 18.5 Å². The third-order valence-electron chi connectivity index (χ3n) is 5.54. The standard InChI is InChI=1S/C19H18N2O2.C12H9NO.C7H11NO2/c1-19(2,3)23-18(22)17(20-4)13-14-8-10-15(11-9-14)16-7-5-6-12-21-16;14-9-10-4-6-11(7-5-10)12-3-1-2-8-13-12;1-7(2,3)10-6(9)5-8-4/h5-13H,1-3H3;1-9H;5H2,1-3H3/b17-13+;;. The number of rotatable bonds is 6. The van der Waals surface area contributed by atoms with Gasteiger partial charge in [-0.15, -0.1) is 0 Å². The van der Waals surface area contributed by atoms with Crippen molar-refractivity contribution in [2.75, 3.05) is 6.54 Å². The van der Waals surface area contributed by atoms with E-state index in [-0.39, 0.29) is 12.2 Å². The smallest absolute Gasteiger partial charge is 0.387 e. The molecule has 0 spiro atoms. The zero-order chi connectivity index (χ0) is 34.9. The molecule has 0 amide bonds. The second-order valence-electron chi connectivity index (χ2n) is 11.8. The van der Waals surface area contributed by atoms with Crippen molar-refractivity contribution in [3.63, 3.8) is 0 Å². The molecule has 47 heavy (non-hydrogen) atoms. The first-order valence-corrected chi connectivity index (χ1v) is 14.6. The van der Waals surface area contributed by atoms with Crippen LogP contribution in [0.1, 0.15) is 57.5 Å². The van der Waals surface area contributed by atoms with Crippen molar-refractivity contribution >= 4 is 24.3 Å². The summed E-state index contributed by atoms with van der Waals surface area (Å²) in [5, 5.41) is 0. The zero-order valence-corrected chi connectivity index (χ0v) is 27.4. The van der Waals surface area contributed by atoms with Gasteiger partial charge in [0.1, 0.15) is 17.5 Å². The van der Waals surface area contributed by atoms with Gasteiger partial charge in [0.15, 0.2) is 0 Å². The predicted molar refractivity (Wildman–Crippen MR) is 182 cm³/mol. The van der Waals surface area contributed by atoms with Gasteiger partial charge in [-0.2, -0.15) is 0 Å². The van der Waals surface area contributed by atoms with Gasteiger partial charge in [0.25, 0.3) is 5.70 Å². The monoisotopic (exact) mass is 630 g/mol. The van der Waals surface area contributed by atoms with Crippen molar-refractivity contribution in [1.82, 2.24) is 9.97 Å². The Morgan fingerprint density at radius 2 is 1.17 bits per heavy atom. The maximum atomic E-state index is 12.0. The number of pyridine rings is 2. The fraction of sp³-hybridized carbons (Fsp3) is 0.237. The summed E-state index contributed by atoms with van der Waals surface area (Å²) < 4.78 is 10.1. The van der Waals surface area contributed by atoms with Crippen molar-refractivity contribution < 1.29 is 23.9 Å². The Labute approximate surface area is 276 Å². The summed E-state index contributed by atoms with van der Waals surface area (Å²) in [5.74, 6) is -1.07. The average Bonchev–Trinajstić information content (AvgIpc) is 3.04. The highest BCUT2D eigenvalue weighted by Crippen LogP contribution is 2.20. The lowest BCUT2D eigenvalue weighted by Gasteiger charge is -2.19. The van der Waals surface area contributed by atoms with Crippen LogP contribution in [0.15, 0.2) is 103 Å². The first-order valence-electron chi connectivity index (χ1n) is 14.6. The molecule has 9 heteroatoms. The summed E-state index contributed by atoms with van der Waals surface area (Å²) in [6.07, 6.45) is 5.86. The third kappa shape index (κ3) is 14.6. The van der Waals surface area contributed by atoms with Gasteiger partial charge in [-0.25, -0.2) is 16.2 Å². The summed E-state index contributed by atoms with van der Waals surface area (Å²) in [5.41, 5.74) is 4.12. The fourth-order valence-corrected chi connectivity index (χ4v) is 3.61. The summed E-state index contributed by atoms with van der Waals surface area (Å²) in [6, 6.07) is 26.4. The largest absolute Gasteiger partial charge is 0.465 e. The van der Waals surface area contributed by atoms with E-state index < -0.39 is 23.1 Å². The van der Waals surface area contributed by atoms with Crippen LogP contribution in [0.4, 0.5) is 0 Å². The van der Waals surface area contributed by atoms with Gasteiger partial charge in [-0.3, -0.25) is 19.6 Å². The molecule has 240 valence electrons. The van der Waals surface area contributed by atoms with E-state index in [1.54, 1.807) is 66.1 Å². The molecular weight excluding hydrogens is 592 g/mol. The van der Waals surface area contributed by atoms with E-state index >= 15 is 0 Å². The van der Waals surface area contributed by atoms with Crippen LogP contribution in [-0.2, 0) is 19.1 Å². The minimum Gasteiger partial charge on any atom is -0.465 e. The number of ether oxygens (including phenoxy) is 2. The molecule has 9 nitrogen and oxygen atoms in total. The molecule has 0 aliphatic rings. The number of benzene rings is 2. The molecule has 0 saturated heterocycles. The van der Waals surface area contributed by atoms with Crippen molar-refractivity contribution in [2.24, 2.45) is 0 Å². The SMILES string of the molecule is O=Cc1ccc(-c2ccccn2)cc1.[C-]#[N+]/C(=C/c1ccc(-c2ccccn2)cc1)C(=O)OC(C)(C)C.[C-]#[N+]CC(=O)OC(C)(C)C. The van der Waals surface area contributed by atoms with E-state index in [1.165, 1.54) is 6.08 Å². The Hall–Kier alpha value is -5.93. The second-order valence-corrected chi connectivity index (χ2v) is 11.8. The predicted octanol–water partition coefficient (Wildman–Crippen LogP) is 8.16. The average molecular weight is 631 g/mol. The number of esters is 2. The molecule has 2 heterocycles. The first kappa shape index (κ1) is 37.3. The van der Waals surface area contributed by atoms with Crippen LogP contribution in [0.5, 0.6) is 0 Å². The Bertz CT molecular complexity index is 1710. The van der Waals surface area contributed by atoms with Crippen LogP contribution in [-0.4, -0.2) is 45.9 Å². The number of hydrogen-bond acceptors (Lipinski definition) is 7.